The highest BCUT2D eigenvalue weighted by Gasteiger charge is 2.45. The van der Waals surface area contributed by atoms with Crippen LogP contribution in [0.4, 0.5) is 36.4 Å². The van der Waals surface area contributed by atoms with Crippen molar-refractivity contribution in [3.8, 4) is 17.1 Å². The number of halogens is 4. The van der Waals surface area contributed by atoms with E-state index in [4.69, 9.17) is 21.1 Å². The molecule has 3 amide bonds. The van der Waals surface area contributed by atoms with Gasteiger partial charge in [0.2, 0.25) is 11.9 Å². The van der Waals surface area contributed by atoms with Gasteiger partial charge in [-0.15, -0.1) is 0 Å². The first kappa shape index (κ1) is 39.9. The quantitative estimate of drug-likeness (QED) is 0.0655. The van der Waals surface area contributed by atoms with Crippen LogP contribution in [0, 0.1) is 0 Å². The molecule has 18 heteroatoms. The van der Waals surface area contributed by atoms with Crippen molar-refractivity contribution in [2.45, 2.75) is 30.6 Å². The number of rotatable bonds is 14. The van der Waals surface area contributed by atoms with E-state index >= 15 is 0 Å². The Morgan fingerprint density at radius 2 is 1.49 bits per heavy atom. The molecule has 1 heterocycles. The lowest BCUT2D eigenvalue weighted by atomic mass is 10.1. The van der Waals surface area contributed by atoms with Crippen LogP contribution in [0.15, 0.2) is 103 Å². The Kier molecular flexibility index (Phi) is 12.2. The van der Waals surface area contributed by atoms with E-state index in [1.54, 1.807) is 30.3 Å². The fraction of sp³-hybridized carbons (Fsp3) is 0.205. The number of hydrogen-bond donors (Lipinski definition) is 5. The Bertz CT molecular complexity index is 2240. The molecule has 0 bridgehead atoms. The summed E-state index contributed by atoms with van der Waals surface area (Å²) in [5.74, 6) is -3.84. The molecule has 1 aliphatic rings. The van der Waals surface area contributed by atoms with Crippen LogP contribution in [0.2, 0.25) is 5.02 Å². The van der Waals surface area contributed by atoms with Gasteiger partial charge in [0.15, 0.2) is 6.61 Å². The van der Waals surface area contributed by atoms with Crippen LogP contribution < -0.4 is 31.3 Å². The molecule has 294 valence electrons. The van der Waals surface area contributed by atoms with Gasteiger partial charge in [0.25, 0.3) is 5.91 Å². The molecule has 4 aromatic carbocycles. The molecule has 57 heavy (non-hydrogen) atoms. The molecule has 14 nitrogen and oxygen atoms in total. The number of esters is 1. The smallest absolute Gasteiger partial charge is 0.422 e. The zero-order valence-electron chi connectivity index (χ0n) is 30.0. The van der Waals surface area contributed by atoms with E-state index in [0.717, 1.165) is 23.8 Å². The summed E-state index contributed by atoms with van der Waals surface area (Å²) in [7, 11) is 1.10. The van der Waals surface area contributed by atoms with Gasteiger partial charge >= 0.3 is 30.0 Å². The van der Waals surface area contributed by atoms with Gasteiger partial charge in [0.1, 0.15) is 6.04 Å². The second-order valence-corrected chi connectivity index (χ2v) is 13.2. The molecule has 1 aromatic heterocycles. The molecule has 5 N–H and O–H groups in total. The third-order valence-electron chi connectivity index (χ3n) is 8.57. The number of nitrogens with zero attached hydrogens (tertiary/aromatic N) is 3. The number of aromatic nitrogens is 3. The van der Waals surface area contributed by atoms with E-state index in [9.17, 15) is 32.3 Å². The Morgan fingerprint density at radius 3 is 2.16 bits per heavy atom. The van der Waals surface area contributed by atoms with Crippen molar-refractivity contribution in [3.05, 3.63) is 119 Å². The molecule has 0 aliphatic heterocycles. The summed E-state index contributed by atoms with van der Waals surface area (Å²) < 4.78 is 48.6. The highest BCUT2D eigenvalue weighted by atomic mass is 35.5. The van der Waals surface area contributed by atoms with Crippen molar-refractivity contribution < 1.29 is 41.8 Å². The van der Waals surface area contributed by atoms with Crippen molar-refractivity contribution >= 4 is 58.6 Å². The molecule has 0 saturated heterocycles. The molecule has 1 saturated carbocycles. The highest BCUT2D eigenvalue weighted by Crippen LogP contribution is 2.48. The van der Waals surface area contributed by atoms with Crippen LogP contribution in [0.3, 0.4) is 0 Å². The number of benzene rings is 4. The number of carbonyl (C=O) groups is 4. The largest absolute Gasteiger partial charge is 0.467 e. The Labute approximate surface area is 328 Å². The SMILES string of the molecule is COC(=O)[C@H](CNC(=O)C(=O)Nc1cccc(-c2ccccc2)c1)NC(=O)c1ccc(Nc2nc(NC3(c4ccc(Cl)cc4)CC3)nc(OCC(F)(F)F)n2)cc1. The molecule has 6 rings (SSSR count). The predicted octanol–water partition coefficient (Wildman–Crippen LogP) is 6.00. The first-order valence-corrected chi connectivity index (χ1v) is 17.7. The van der Waals surface area contributed by atoms with Crippen LogP contribution in [-0.4, -0.2) is 71.1 Å². The van der Waals surface area contributed by atoms with Gasteiger partial charge in [-0.3, -0.25) is 14.4 Å². The van der Waals surface area contributed by atoms with E-state index in [-0.39, 0.29) is 17.5 Å². The summed E-state index contributed by atoms with van der Waals surface area (Å²) in [6, 6.07) is 27.2. The lowest BCUT2D eigenvalue weighted by Crippen LogP contribution is -2.50. The van der Waals surface area contributed by atoms with Crippen LogP contribution >= 0.6 is 11.6 Å². The van der Waals surface area contributed by atoms with Gasteiger partial charge in [0.05, 0.1) is 12.6 Å². The number of alkyl halides is 3. The van der Waals surface area contributed by atoms with Gasteiger partial charge in [0, 0.05) is 28.5 Å². The number of hydrogen-bond acceptors (Lipinski definition) is 11. The highest BCUT2D eigenvalue weighted by molar-refractivity contribution is 6.39. The summed E-state index contributed by atoms with van der Waals surface area (Å²) in [4.78, 5) is 63.3. The zero-order valence-corrected chi connectivity index (χ0v) is 30.8. The minimum atomic E-state index is -4.64. The molecular weight excluding hydrogens is 769 g/mol. The Hall–Kier alpha value is -6.75. The van der Waals surface area contributed by atoms with Crippen LogP contribution in [0.25, 0.3) is 11.1 Å². The van der Waals surface area contributed by atoms with Crippen molar-refractivity contribution in [1.82, 2.24) is 25.6 Å². The van der Waals surface area contributed by atoms with Gasteiger partial charge < -0.3 is 36.1 Å². The molecule has 0 radical (unpaired) electrons. The van der Waals surface area contributed by atoms with Crippen molar-refractivity contribution in [2.24, 2.45) is 0 Å². The summed E-state index contributed by atoms with van der Waals surface area (Å²) in [6.07, 6.45) is -3.24. The monoisotopic (exact) mass is 802 g/mol. The second-order valence-electron chi connectivity index (χ2n) is 12.7. The third kappa shape index (κ3) is 10.9. The van der Waals surface area contributed by atoms with Gasteiger partial charge in [-0.2, -0.15) is 28.1 Å². The summed E-state index contributed by atoms with van der Waals surface area (Å²) >= 11 is 6.03. The molecule has 5 aromatic rings. The van der Waals surface area contributed by atoms with E-state index in [1.807, 2.05) is 48.5 Å². The first-order chi connectivity index (χ1) is 27.3. The van der Waals surface area contributed by atoms with Crippen molar-refractivity contribution in [2.75, 3.05) is 36.2 Å². The topological polar surface area (TPSA) is 186 Å². The molecule has 1 aliphatic carbocycles. The molecule has 0 spiro atoms. The van der Waals surface area contributed by atoms with Gasteiger partial charge in [-0.25, -0.2) is 4.79 Å². The Balaban J connectivity index is 1.08. The maximum Gasteiger partial charge on any atom is 0.422 e. The van der Waals surface area contributed by atoms with Crippen molar-refractivity contribution in [3.63, 3.8) is 0 Å². The van der Waals surface area contributed by atoms with E-state index in [1.165, 1.54) is 24.3 Å². The fourth-order valence-corrected chi connectivity index (χ4v) is 5.68. The Morgan fingerprint density at radius 1 is 0.807 bits per heavy atom. The number of methoxy groups -OCH3 is 1. The average molecular weight is 803 g/mol. The fourth-order valence-electron chi connectivity index (χ4n) is 5.55. The second kappa shape index (κ2) is 17.4. The zero-order chi connectivity index (χ0) is 40.6. The standard InChI is InChI=1S/C39H34ClF3N8O6/c1-56-34(55)30(21-44-32(53)33(54)45-29-9-5-8-25(20-29)23-6-3-2-4-7-23)47-31(52)24-10-16-28(17-11-24)46-35-48-36(50-37(49-35)57-22-39(41,42)43)51-38(18-19-38)26-12-14-27(40)15-13-26/h2-17,20,30H,18-19,21-22H2,1H3,(H,44,53)(H,45,54)(H,47,52)(H2,46,48,49,50,51)/t30-/m0/s1. The average Bonchev–Trinajstić information content (AvgIpc) is 3.99. The number of anilines is 4. The molecule has 1 atom stereocenters. The van der Waals surface area contributed by atoms with Gasteiger partial charge in [-0.1, -0.05) is 66.2 Å². The summed E-state index contributed by atoms with van der Waals surface area (Å²) in [6.45, 7) is -2.10. The normalized spacial score (nSPS) is 13.4. The third-order valence-corrected chi connectivity index (χ3v) is 8.82. The first-order valence-electron chi connectivity index (χ1n) is 17.3. The maximum atomic E-state index is 13.1. The number of amides is 3. The van der Waals surface area contributed by atoms with Gasteiger partial charge in [-0.05, 0) is 78.1 Å². The van der Waals surface area contributed by atoms with Crippen LogP contribution in [-0.2, 0) is 24.7 Å². The molecule has 0 unspecified atom stereocenters. The van der Waals surface area contributed by atoms with Crippen molar-refractivity contribution in [1.29, 1.82) is 0 Å². The lowest BCUT2D eigenvalue weighted by Gasteiger charge is -2.19. The van der Waals surface area contributed by atoms with Crippen LogP contribution in [0.5, 0.6) is 6.01 Å². The summed E-state index contributed by atoms with van der Waals surface area (Å²) in [5, 5.41) is 13.9. The van der Waals surface area contributed by atoms with E-state index < -0.39 is 60.6 Å². The minimum Gasteiger partial charge on any atom is -0.467 e. The lowest BCUT2D eigenvalue weighted by molar-refractivity contribution is -0.154. The van der Waals surface area contributed by atoms with E-state index in [0.29, 0.717) is 29.2 Å². The maximum absolute atomic E-state index is 13.1. The predicted molar refractivity (Wildman–Crippen MR) is 204 cm³/mol. The summed E-state index contributed by atoms with van der Waals surface area (Å²) in [5.41, 5.74) is 2.84. The van der Waals surface area contributed by atoms with E-state index in [2.05, 4.69) is 41.5 Å². The minimum absolute atomic E-state index is 0.0381. The van der Waals surface area contributed by atoms with Crippen LogP contribution in [0.1, 0.15) is 28.8 Å². The number of carbonyl (C=O) groups excluding carboxylic acids is 4. The molecular formula is C39H34ClF3N8O6. The molecule has 1 fully saturated rings. The number of nitrogens with one attached hydrogen (secondary N) is 5. The number of ether oxygens (including phenoxy) is 2.